The fourth-order valence-electron chi connectivity index (χ4n) is 13.5. The van der Waals surface area contributed by atoms with Crippen LogP contribution in [-0.4, -0.2) is 127 Å². The molecule has 5 N–H and O–H groups in total. The molecule has 16 nitrogen and oxygen atoms in total. The number of rotatable bonds is 75. The summed E-state index contributed by atoms with van der Waals surface area (Å²) in [6.45, 7) is 13.6. The molecule has 1 fully saturated rings. The van der Waals surface area contributed by atoms with Gasteiger partial charge in [-0.3, -0.25) is 19.6 Å². The summed E-state index contributed by atoms with van der Waals surface area (Å²) in [7, 11) is 0. The van der Waals surface area contributed by atoms with Crippen molar-refractivity contribution >= 4 is 23.8 Å². The van der Waals surface area contributed by atoms with Crippen LogP contribution in [0.1, 0.15) is 408 Å². The minimum absolute atomic E-state index is 0.0269. The van der Waals surface area contributed by atoms with Crippen molar-refractivity contribution in [1.82, 2.24) is 10.6 Å². The van der Waals surface area contributed by atoms with Crippen LogP contribution in [-0.2, 0) is 52.5 Å². The van der Waals surface area contributed by atoms with Gasteiger partial charge >= 0.3 is 11.9 Å². The van der Waals surface area contributed by atoms with Gasteiger partial charge in [-0.25, -0.2) is 9.68 Å². The zero-order valence-corrected chi connectivity index (χ0v) is 63.9. The van der Waals surface area contributed by atoms with Crippen LogP contribution in [0.25, 0.3) is 0 Å². The molecule has 2 amide bonds. The predicted octanol–water partition coefficient (Wildman–Crippen LogP) is 21.1. The second kappa shape index (κ2) is 69.3. The highest BCUT2D eigenvalue weighted by Gasteiger charge is 2.51. The van der Waals surface area contributed by atoms with Crippen molar-refractivity contribution in [2.24, 2.45) is 0 Å². The van der Waals surface area contributed by atoms with Gasteiger partial charge in [0.05, 0.1) is 50.8 Å². The lowest BCUT2D eigenvalue weighted by molar-refractivity contribution is -0.362. The Morgan fingerprint density at radius 1 is 0.392 bits per heavy atom. The second-order valence-electron chi connectivity index (χ2n) is 29.0. The van der Waals surface area contributed by atoms with Crippen molar-refractivity contribution in [1.29, 1.82) is 0 Å². The largest absolute Gasteiger partial charge is 0.480 e. The quantitative estimate of drug-likeness (QED) is 0.0166. The highest BCUT2D eigenvalue weighted by molar-refractivity contribution is 5.84. The number of aliphatic hydroxyl groups excluding tert-OH is 1. The maximum absolute atomic E-state index is 14.7. The Labute approximate surface area is 595 Å². The Balaban J connectivity index is 3.59. The van der Waals surface area contributed by atoms with E-state index in [4.69, 9.17) is 33.3 Å². The number of carbonyl (C=O) groups excluding carboxylic acids is 3. The molecule has 9 atom stereocenters. The maximum Gasteiger partial charge on any atom is 0.328 e. The molecular formula is C81H156N2O14. The van der Waals surface area contributed by atoms with Crippen molar-refractivity contribution in [3.63, 3.8) is 0 Å². The molecule has 0 saturated carbocycles. The number of amides is 2. The molecule has 0 spiro atoms. The third-order valence-electron chi connectivity index (χ3n) is 19.8. The Morgan fingerprint density at radius 3 is 1.00 bits per heavy atom. The summed E-state index contributed by atoms with van der Waals surface area (Å²) in [5, 5.41) is 37.9. The minimum atomic E-state index is -1.56. The fourth-order valence-corrected chi connectivity index (χ4v) is 13.5. The molecule has 97 heavy (non-hydrogen) atoms. The third-order valence-corrected chi connectivity index (χ3v) is 19.8. The minimum Gasteiger partial charge on any atom is -0.480 e. The number of hydrogen-bond acceptors (Lipinski definition) is 13. The second-order valence-corrected chi connectivity index (χ2v) is 29.0. The molecule has 1 aliphatic heterocycles. The molecule has 0 aliphatic carbocycles. The third kappa shape index (κ3) is 54.0. The van der Waals surface area contributed by atoms with Gasteiger partial charge in [-0.1, -0.05) is 350 Å². The summed E-state index contributed by atoms with van der Waals surface area (Å²) in [6.07, 6.45) is 53.6. The number of nitrogens with one attached hydrogen (secondary N) is 2. The van der Waals surface area contributed by atoms with Crippen LogP contribution >= 0.6 is 0 Å². The van der Waals surface area contributed by atoms with Gasteiger partial charge in [-0.05, 0) is 38.5 Å². The van der Waals surface area contributed by atoms with Gasteiger partial charge in [0.15, 0.2) is 24.5 Å². The lowest BCUT2D eigenvalue weighted by Crippen LogP contribution is -2.66. The number of aliphatic hydroxyl groups is 1. The van der Waals surface area contributed by atoms with E-state index in [1.807, 2.05) is 0 Å². The number of carboxylic acid groups (broad SMARTS) is 1. The lowest BCUT2D eigenvalue weighted by Gasteiger charge is -2.44. The van der Waals surface area contributed by atoms with Gasteiger partial charge in [0, 0.05) is 19.8 Å². The number of ether oxygens (including phenoxy) is 6. The summed E-state index contributed by atoms with van der Waals surface area (Å²) in [5.74, 6) is -2.96. The first-order valence-corrected chi connectivity index (χ1v) is 41.6. The number of carbonyl (C=O) groups is 4. The highest BCUT2D eigenvalue weighted by atomic mass is 17.1. The zero-order chi connectivity index (χ0) is 70.7. The smallest absolute Gasteiger partial charge is 0.328 e. The molecule has 0 radical (unpaired) electrons. The topological polar surface area (TPSA) is 218 Å². The fraction of sp³-hybridized carbons (Fsp3) is 0.951. The number of unbranched alkanes of at least 4 members (excludes halogenated alkanes) is 45. The highest BCUT2D eigenvalue weighted by Crippen LogP contribution is 2.29. The Bertz CT molecular complexity index is 1680. The average molecular weight is 1380 g/mol. The van der Waals surface area contributed by atoms with Crippen LogP contribution in [0.5, 0.6) is 0 Å². The molecule has 1 saturated heterocycles. The molecule has 0 aromatic rings. The summed E-state index contributed by atoms with van der Waals surface area (Å²) < 4.78 is 38.4. The molecule has 0 aromatic carbocycles. The molecule has 1 aliphatic rings. The molecule has 1 rings (SSSR count). The SMILES string of the molecule is CCCCCCCCCCCC(CC(=O)NC(COC1OC(CO)C(OO)C(OC(=O)CC(CCCCCCCCCCC)OCCCCCCCCCC)C1NC(=O)CC(CCCCCCCCCCC)OCCCCCCCCCC)C(=O)O)OCCCCCCCCCC. The van der Waals surface area contributed by atoms with E-state index in [0.717, 1.165) is 116 Å². The molecule has 0 aromatic heterocycles. The summed E-state index contributed by atoms with van der Waals surface area (Å²) in [4.78, 5) is 61.5. The zero-order valence-electron chi connectivity index (χ0n) is 63.9. The van der Waals surface area contributed by atoms with Crippen molar-refractivity contribution in [3.05, 3.63) is 0 Å². The van der Waals surface area contributed by atoms with Crippen LogP contribution in [0.15, 0.2) is 0 Å². The molecule has 16 heteroatoms. The van der Waals surface area contributed by atoms with Crippen molar-refractivity contribution < 1.29 is 68.0 Å². The molecule has 574 valence electrons. The van der Waals surface area contributed by atoms with Gasteiger partial charge in [-0.2, -0.15) is 0 Å². The van der Waals surface area contributed by atoms with E-state index < -0.39 is 92.0 Å². The van der Waals surface area contributed by atoms with Gasteiger partial charge in [0.2, 0.25) is 11.8 Å². The number of aliphatic carboxylic acids is 1. The van der Waals surface area contributed by atoms with Crippen LogP contribution in [0.2, 0.25) is 0 Å². The van der Waals surface area contributed by atoms with Gasteiger partial charge in [0.25, 0.3) is 0 Å². The number of carboxylic acids is 1. The molecule has 0 bridgehead atoms. The van der Waals surface area contributed by atoms with E-state index in [9.17, 15) is 34.6 Å². The molecule has 1 heterocycles. The van der Waals surface area contributed by atoms with E-state index >= 15 is 0 Å². The first-order chi connectivity index (χ1) is 47.5. The summed E-state index contributed by atoms with van der Waals surface area (Å²) in [5.41, 5.74) is 0. The standard InChI is InChI=1S/C81H156N2O14/c1-7-13-19-25-31-37-40-46-52-58-69(91-61-55-49-43-34-28-22-16-10-4)64-74(85)82-72(80(88)89)68-94-81-77(83-75(86)65-70(59-53-47-41-38-32-26-20-14-8-2)92-62-56-50-44-35-29-23-17-11-5)79(78(97-90)73(67-84)95-81)96-76(87)66-71(60-54-48-42-39-33-27-21-15-9-3)93-63-57-51-45-36-30-24-18-12-6/h69-73,77-79,81,84,90H,7-68H2,1-6H3,(H,82,85)(H,83,86)(H,88,89). The normalized spacial score (nSPS) is 17.7. The monoisotopic (exact) mass is 1380 g/mol. The van der Waals surface area contributed by atoms with Crippen LogP contribution in [0.4, 0.5) is 0 Å². The molecular weight excluding hydrogens is 1220 g/mol. The predicted molar refractivity (Wildman–Crippen MR) is 397 cm³/mol. The first kappa shape index (κ1) is 92.6. The summed E-state index contributed by atoms with van der Waals surface area (Å²) >= 11 is 0. The van der Waals surface area contributed by atoms with Crippen molar-refractivity contribution in [3.8, 4) is 0 Å². The van der Waals surface area contributed by atoms with E-state index in [0.29, 0.717) is 39.1 Å². The number of hydrogen-bond donors (Lipinski definition) is 5. The van der Waals surface area contributed by atoms with Gasteiger partial charge in [-0.15, -0.1) is 0 Å². The van der Waals surface area contributed by atoms with E-state index in [2.05, 4.69) is 52.2 Å². The van der Waals surface area contributed by atoms with Crippen molar-refractivity contribution in [2.75, 3.05) is 33.0 Å². The lowest BCUT2D eigenvalue weighted by atomic mass is 9.95. The van der Waals surface area contributed by atoms with Crippen LogP contribution in [0, 0.1) is 0 Å². The molecule has 9 unspecified atom stereocenters. The van der Waals surface area contributed by atoms with E-state index in [1.54, 1.807) is 0 Å². The first-order valence-electron chi connectivity index (χ1n) is 41.6. The Morgan fingerprint density at radius 2 is 0.691 bits per heavy atom. The summed E-state index contributed by atoms with van der Waals surface area (Å²) in [6, 6.07) is -2.93. The van der Waals surface area contributed by atoms with E-state index in [1.165, 1.54) is 212 Å². The van der Waals surface area contributed by atoms with Gasteiger partial charge < -0.3 is 49.3 Å². The van der Waals surface area contributed by atoms with Crippen LogP contribution in [0.3, 0.4) is 0 Å². The van der Waals surface area contributed by atoms with Gasteiger partial charge in [0.1, 0.15) is 12.1 Å². The van der Waals surface area contributed by atoms with Crippen LogP contribution < -0.4 is 10.6 Å². The maximum atomic E-state index is 14.7. The van der Waals surface area contributed by atoms with E-state index in [-0.39, 0.29) is 19.3 Å². The number of esters is 1. The average Bonchev–Trinajstić information content (AvgIpc) is 0.790. The Kier molecular flexibility index (Phi) is 66.1. The van der Waals surface area contributed by atoms with Crippen molar-refractivity contribution in [2.45, 2.75) is 463 Å². The Hall–Kier alpha value is -2.44.